The normalized spacial score (nSPS) is 14.3. The van der Waals surface area contributed by atoms with E-state index in [9.17, 15) is 0 Å². The first-order chi connectivity index (χ1) is 31.5. The SMILES string of the molecule is CC1(C)c2ccccc2-c2ccc(N(c3ccc4c(c3)C3(c5ccccc5-c5ccccc53)c3ccccc3-4)c3cc(-c4ccccc4)c4c(c3)oc3c5ccccc5ccc34)cc21. The summed E-state index contributed by atoms with van der Waals surface area (Å²) in [4.78, 5) is 2.49. The molecule has 0 saturated heterocycles. The molecule has 0 saturated carbocycles. The highest BCUT2D eigenvalue weighted by Gasteiger charge is 2.51. The summed E-state index contributed by atoms with van der Waals surface area (Å²) >= 11 is 0. The minimum absolute atomic E-state index is 0.173. The molecule has 1 spiro atoms. The van der Waals surface area contributed by atoms with Crippen LogP contribution in [0.3, 0.4) is 0 Å². The third-order valence-corrected chi connectivity index (χ3v) is 14.9. The lowest BCUT2D eigenvalue weighted by molar-refractivity contribution is 0.660. The van der Waals surface area contributed by atoms with Crippen LogP contribution in [-0.4, -0.2) is 0 Å². The Labute approximate surface area is 372 Å². The van der Waals surface area contributed by atoms with E-state index in [1.807, 2.05) is 0 Å². The van der Waals surface area contributed by atoms with Gasteiger partial charge >= 0.3 is 0 Å². The lowest BCUT2D eigenvalue weighted by Crippen LogP contribution is -2.26. The van der Waals surface area contributed by atoms with Gasteiger partial charge in [0.05, 0.1) is 11.1 Å². The standard InChI is InChI=1S/C62H41NO/c1-61(2)52-24-12-8-20-44(52)48-32-29-40(35-56(48)61)63(42-34-51(38-16-4-3-5-17-38)59-50-31-28-39-18-6-7-19-43(39)60(50)64-58(59)37-42)41-30-33-49-47-23-11-15-27-55(47)62(57(49)36-41)53-25-13-9-21-45(53)46-22-10-14-26-54(46)62/h3-37H,1-2H3. The van der Waals surface area contributed by atoms with Crippen molar-refractivity contribution in [3.05, 3.63) is 246 Å². The van der Waals surface area contributed by atoms with E-state index in [-0.39, 0.29) is 5.41 Å². The molecule has 3 aliphatic rings. The van der Waals surface area contributed by atoms with Gasteiger partial charge in [-0.3, -0.25) is 0 Å². The molecule has 0 amide bonds. The van der Waals surface area contributed by atoms with Crippen LogP contribution in [0.1, 0.15) is 47.2 Å². The Morgan fingerprint density at radius 2 is 0.875 bits per heavy atom. The van der Waals surface area contributed by atoms with Gasteiger partial charge in [-0.25, -0.2) is 0 Å². The zero-order valence-electron chi connectivity index (χ0n) is 35.6. The third kappa shape index (κ3) is 4.59. The average Bonchev–Trinajstić information content (AvgIpc) is 4.04. The van der Waals surface area contributed by atoms with Gasteiger partial charge in [0.15, 0.2) is 0 Å². The van der Waals surface area contributed by atoms with E-state index < -0.39 is 5.41 Å². The van der Waals surface area contributed by atoms with Gasteiger partial charge in [0.2, 0.25) is 0 Å². The predicted molar refractivity (Wildman–Crippen MR) is 265 cm³/mol. The third-order valence-electron chi connectivity index (χ3n) is 14.9. The Balaban J connectivity index is 1.07. The number of furan rings is 1. The predicted octanol–water partition coefficient (Wildman–Crippen LogP) is 16.5. The van der Waals surface area contributed by atoms with Gasteiger partial charge in [-0.2, -0.15) is 0 Å². The van der Waals surface area contributed by atoms with Gasteiger partial charge in [0.1, 0.15) is 11.2 Å². The molecule has 0 N–H and O–H groups in total. The highest BCUT2D eigenvalue weighted by molar-refractivity contribution is 6.20. The van der Waals surface area contributed by atoms with Gasteiger partial charge in [-0.15, -0.1) is 0 Å². The lowest BCUT2D eigenvalue weighted by atomic mass is 9.70. The maximum atomic E-state index is 7.08. The minimum Gasteiger partial charge on any atom is -0.455 e. The maximum Gasteiger partial charge on any atom is 0.143 e. The summed E-state index contributed by atoms with van der Waals surface area (Å²) in [6.45, 7) is 4.74. The summed E-state index contributed by atoms with van der Waals surface area (Å²) in [6, 6.07) is 79.0. The van der Waals surface area contributed by atoms with E-state index in [2.05, 4.69) is 231 Å². The fourth-order valence-corrected chi connectivity index (χ4v) is 12.1. The van der Waals surface area contributed by atoms with E-state index >= 15 is 0 Å². The molecule has 0 fully saturated rings. The molecule has 0 aliphatic heterocycles. The highest BCUT2D eigenvalue weighted by Crippen LogP contribution is 2.63. The zero-order chi connectivity index (χ0) is 42.3. The van der Waals surface area contributed by atoms with Gasteiger partial charge in [-0.1, -0.05) is 184 Å². The van der Waals surface area contributed by atoms with Crippen molar-refractivity contribution in [2.45, 2.75) is 24.7 Å². The quantitative estimate of drug-likeness (QED) is 0.176. The van der Waals surface area contributed by atoms with Crippen LogP contribution in [0.15, 0.2) is 217 Å². The van der Waals surface area contributed by atoms with Crippen LogP contribution < -0.4 is 4.90 Å². The van der Waals surface area contributed by atoms with Crippen molar-refractivity contribution in [1.82, 2.24) is 0 Å². The van der Waals surface area contributed by atoms with Crippen molar-refractivity contribution in [1.29, 1.82) is 0 Å². The number of hydrogen-bond donors (Lipinski definition) is 0. The molecule has 1 aromatic heterocycles. The van der Waals surface area contributed by atoms with Crippen molar-refractivity contribution >= 4 is 49.8 Å². The molecule has 1 heterocycles. The van der Waals surface area contributed by atoms with Gasteiger partial charge in [0, 0.05) is 39.0 Å². The second-order valence-corrected chi connectivity index (χ2v) is 18.4. The van der Waals surface area contributed by atoms with Crippen LogP contribution in [-0.2, 0) is 10.8 Å². The summed E-state index contributed by atoms with van der Waals surface area (Å²) in [7, 11) is 0. The summed E-state index contributed by atoms with van der Waals surface area (Å²) < 4.78 is 7.08. The van der Waals surface area contributed by atoms with Gasteiger partial charge in [0.25, 0.3) is 0 Å². The van der Waals surface area contributed by atoms with Crippen LogP contribution in [0.5, 0.6) is 0 Å². The first-order valence-corrected chi connectivity index (χ1v) is 22.4. The molecule has 300 valence electrons. The molecule has 2 nitrogen and oxygen atoms in total. The van der Waals surface area contributed by atoms with Crippen molar-refractivity contribution < 1.29 is 4.42 Å². The highest BCUT2D eigenvalue weighted by atomic mass is 16.3. The average molecular weight is 816 g/mol. The molecular formula is C62H41NO. The molecule has 0 radical (unpaired) electrons. The van der Waals surface area contributed by atoms with E-state index in [1.165, 1.54) is 72.1 Å². The maximum absolute atomic E-state index is 7.08. The second kappa shape index (κ2) is 12.8. The first-order valence-electron chi connectivity index (χ1n) is 22.4. The van der Waals surface area contributed by atoms with Crippen molar-refractivity contribution in [2.75, 3.05) is 4.90 Å². The molecule has 64 heavy (non-hydrogen) atoms. The number of benzene rings is 10. The monoisotopic (exact) mass is 815 g/mol. The summed E-state index contributed by atoms with van der Waals surface area (Å²) in [5.41, 5.74) is 22.5. The van der Waals surface area contributed by atoms with Crippen molar-refractivity contribution in [2.24, 2.45) is 0 Å². The lowest BCUT2D eigenvalue weighted by Gasteiger charge is -2.32. The zero-order valence-corrected chi connectivity index (χ0v) is 35.6. The molecule has 0 bridgehead atoms. The van der Waals surface area contributed by atoms with E-state index in [1.54, 1.807) is 0 Å². The molecule has 14 rings (SSSR count). The molecule has 2 heteroatoms. The molecule has 11 aromatic rings. The fraction of sp³-hybridized carbons (Fsp3) is 0.0645. The molecule has 0 atom stereocenters. The molecular weight excluding hydrogens is 775 g/mol. The van der Waals surface area contributed by atoms with Crippen LogP contribution >= 0.6 is 0 Å². The number of anilines is 3. The minimum atomic E-state index is -0.471. The van der Waals surface area contributed by atoms with E-state index in [4.69, 9.17) is 4.42 Å². The van der Waals surface area contributed by atoms with E-state index in [0.717, 1.165) is 55.5 Å². The number of nitrogens with zero attached hydrogens (tertiary/aromatic N) is 1. The topological polar surface area (TPSA) is 16.4 Å². The Kier molecular flexibility index (Phi) is 7.13. The van der Waals surface area contributed by atoms with Crippen LogP contribution in [0.4, 0.5) is 17.1 Å². The van der Waals surface area contributed by atoms with Crippen molar-refractivity contribution in [3.8, 4) is 44.5 Å². The largest absolute Gasteiger partial charge is 0.455 e. The number of rotatable bonds is 4. The summed E-state index contributed by atoms with van der Waals surface area (Å²) in [5.74, 6) is 0. The Hall–Kier alpha value is -7.94. The Morgan fingerprint density at radius 1 is 0.359 bits per heavy atom. The number of fused-ring (bicyclic) bond motifs is 18. The van der Waals surface area contributed by atoms with Crippen LogP contribution in [0, 0.1) is 0 Å². The van der Waals surface area contributed by atoms with Gasteiger partial charge in [-0.05, 0) is 120 Å². The molecule has 10 aromatic carbocycles. The van der Waals surface area contributed by atoms with Gasteiger partial charge < -0.3 is 9.32 Å². The molecule has 0 unspecified atom stereocenters. The Bertz CT molecular complexity index is 3710. The second-order valence-electron chi connectivity index (χ2n) is 18.4. The summed E-state index contributed by atoms with van der Waals surface area (Å²) in [6.07, 6.45) is 0. The molecule has 3 aliphatic carbocycles. The van der Waals surface area contributed by atoms with Crippen molar-refractivity contribution in [3.63, 3.8) is 0 Å². The van der Waals surface area contributed by atoms with E-state index in [0.29, 0.717) is 0 Å². The number of hydrogen-bond acceptors (Lipinski definition) is 2. The fourth-order valence-electron chi connectivity index (χ4n) is 12.1. The first kappa shape index (κ1) is 35.6. The Morgan fingerprint density at radius 3 is 1.53 bits per heavy atom. The van der Waals surface area contributed by atoms with Crippen LogP contribution in [0.2, 0.25) is 0 Å². The summed E-state index contributed by atoms with van der Waals surface area (Å²) in [5, 5.41) is 4.54. The smallest absolute Gasteiger partial charge is 0.143 e. The van der Waals surface area contributed by atoms with Crippen LogP contribution in [0.25, 0.3) is 77.2 Å².